The van der Waals surface area contributed by atoms with Crippen molar-refractivity contribution in [2.75, 3.05) is 5.32 Å². The summed E-state index contributed by atoms with van der Waals surface area (Å²) in [7, 11) is 0. The monoisotopic (exact) mass is 337 g/mol. The first-order valence-corrected chi connectivity index (χ1v) is 6.50. The molecule has 0 aliphatic heterocycles. The average Bonchev–Trinajstić information content (AvgIpc) is 2.72. The van der Waals surface area contributed by atoms with Crippen LogP contribution in [0.1, 0.15) is 10.6 Å². The fourth-order valence-corrected chi connectivity index (χ4v) is 2.59. The number of rotatable bonds is 3. The molecule has 8 heteroatoms. The predicted molar refractivity (Wildman–Crippen MR) is 66.4 cm³/mol. The van der Waals surface area contributed by atoms with Crippen molar-refractivity contribution in [3.05, 3.63) is 38.6 Å². The average molecular weight is 338 g/mol. The third kappa shape index (κ3) is 3.42. The summed E-state index contributed by atoms with van der Waals surface area (Å²) in [5.41, 5.74) is -0.994. The highest BCUT2D eigenvalue weighted by Crippen LogP contribution is 2.27. The maximum Gasteiger partial charge on any atom is 0.435 e. The van der Waals surface area contributed by atoms with Gasteiger partial charge in [-0.3, -0.25) is 0 Å². The van der Waals surface area contributed by atoms with Gasteiger partial charge in [-0.2, -0.15) is 13.2 Å². The van der Waals surface area contributed by atoms with Crippen LogP contribution in [-0.2, 0) is 12.7 Å². The molecule has 3 nitrogen and oxygen atoms in total. The molecule has 2 rings (SSSR count). The molecule has 2 aromatic rings. The Bertz CT molecular complexity index is 524. The summed E-state index contributed by atoms with van der Waals surface area (Å²) >= 11 is 4.86. The molecule has 0 saturated carbocycles. The molecule has 96 valence electrons. The Labute approximate surface area is 113 Å². The van der Waals surface area contributed by atoms with Crippen molar-refractivity contribution in [3.63, 3.8) is 0 Å². The number of aromatic nitrogens is 2. The number of hydrogen-bond donors (Lipinski definition) is 1. The molecule has 0 fully saturated rings. The van der Waals surface area contributed by atoms with Crippen molar-refractivity contribution in [1.82, 2.24) is 10.2 Å². The van der Waals surface area contributed by atoms with Crippen molar-refractivity contribution in [1.29, 1.82) is 0 Å². The van der Waals surface area contributed by atoms with E-state index < -0.39 is 11.9 Å². The van der Waals surface area contributed by atoms with Gasteiger partial charge in [0.2, 0.25) is 0 Å². The number of anilines is 1. The minimum atomic E-state index is -4.45. The molecule has 0 aliphatic rings. The molecule has 0 atom stereocenters. The zero-order valence-corrected chi connectivity index (χ0v) is 11.2. The lowest BCUT2D eigenvalue weighted by molar-refractivity contribution is -0.141. The molecule has 0 amide bonds. The van der Waals surface area contributed by atoms with E-state index in [1.54, 1.807) is 0 Å². The van der Waals surface area contributed by atoms with Crippen LogP contribution in [0.5, 0.6) is 0 Å². The molecule has 0 aliphatic carbocycles. The largest absolute Gasteiger partial charge is 0.435 e. The molecule has 0 saturated heterocycles. The van der Waals surface area contributed by atoms with Gasteiger partial charge in [-0.05, 0) is 34.1 Å². The van der Waals surface area contributed by atoms with Crippen molar-refractivity contribution >= 4 is 33.1 Å². The first-order valence-electron chi connectivity index (χ1n) is 4.83. The van der Waals surface area contributed by atoms with E-state index in [-0.39, 0.29) is 0 Å². The summed E-state index contributed by atoms with van der Waals surface area (Å²) in [6, 6.07) is 4.09. The Morgan fingerprint density at radius 1 is 1.28 bits per heavy atom. The van der Waals surface area contributed by atoms with Crippen LogP contribution in [0, 0.1) is 0 Å². The van der Waals surface area contributed by atoms with E-state index >= 15 is 0 Å². The molecule has 0 radical (unpaired) electrons. The topological polar surface area (TPSA) is 37.8 Å². The van der Waals surface area contributed by atoms with Gasteiger partial charge < -0.3 is 5.32 Å². The van der Waals surface area contributed by atoms with Gasteiger partial charge in [-0.15, -0.1) is 21.5 Å². The fraction of sp³-hybridized carbons (Fsp3) is 0.200. The zero-order chi connectivity index (χ0) is 13.2. The Balaban J connectivity index is 1.98. The van der Waals surface area contributed by atoms with Gasteiger partial charge in [0.25, 0.3) is 0 Å². The van der Waals surface area contributed by atoms with Crippen LogP contribution in [0.2, 0.25) is 0 Å². The number of hydrogen-bond acceptors (Lipinski definition) is 4. The summed E-state index contributed by atoms with van der Waals surface area (Å²) in [5.74, 6) is 0.313. The lowest BCUT2D eigenvalue weighted by Crippen LogP contribution is -2.10. The molecular formula is C10H7BrF3N3S. The maximum absolute atomic E-state index is 12.2. The normalized spacial score (nSPS) is 11.6. The molecule has 0 spiro atoms. The summed E-state index contributed by atoms with van der Waals surface area (Å²) < 4.78 is 37.7. The smallest absolute Gasteiger partial charge is 0.364 e. The van der Waals surface area contributed by atoms with E-state index in [2.05, 4.69) is 31.4 Å². The number of nitrogens with zero attached hydrogens (tertiary/aromatic N) is 2. The highest BCUT2D eigenvalue weighted by Gasteiger charge is 2.32. The minimum Gasteiger partial charge on any atom is -0.364 e. The molecule has 0 bridgehead atoms. The molecule has 1 N–H and O–H groups in total. The van der Waals surface area contributed by atoms with E-state index in [0.29, 0.717) is 12.4 Å². The van der Waals surface area contributed by atoms with Gasteiger partial charge in [0.15, 0.2) is 5.69 Å². The van der Waals surface area contributed by atoms with Gasteiger partial charge in [-0.25, -0.2) is 0 Å². The summed E-state index contributed by atoms with van der Waals surface area (Å²) in [4.78, 5) is 1.04. The second-order valence-electron chi connectivity index (χ2n) is 3.39. The third-order valence-corrected chi connectivity index (χ3v) is 3.72. The number of nitrogens with one attached hydrogen (secondary N) is 1. The van der Waals surface area contributed by atoms with Crippen molar-refractivity contribution < 1.29 is 13.2 Å². The number of alkyl halides is 3. The lowest BCUT2D eigenvalue weighted by Gasteiger charge is -2.06. The van der Waals surface area contributed by atoms with Crippen LogP contribution >= 0.6 is 27.3 Å². The second-order valence-corrected chi connectivity index (χ2v) is 5.30. The second kappa shape index (κ2) is 5.23. The minimum absolute atomic E-state index is 0.313. The SMILES string of the molecule is FC(F)(F)c1ccc(NCc2cc(Br)cs2)nn1. The Kier molecular flexibility index (Phi) is 3.86. The molecule has 2 heterocycles. The summed E-state index contributed by atoms with van der Waals surface area (Å²) in [6.07, 6.45) is -4.45. The van der Waals surface area contributed by atoms with Gasteiger partial charge in [0, 0.05) is 14.7 Å². The van der Waals surface area contributed by atoms with Crippen LogP contribution < -0.4 is 5.32 Å². The van der Waals surface area contributed by atoms with Crippen LogP contribution in [0.4, 0.5) is 19.0 Å². The summed E-state index contributed by atoms with van der Waals surface area (Å²) in [5, 5.41) is 11.4. The first-order chi connectivity index (χ1) is 8.45. The predicted octanol–water partition coefficient (Wildman–Crippen LogP) is 3.93. The van der Waals surface area contributed by atoms with Crippen molar-refractivity contribution in [3.8, 4) is 0 Å². The molecule has 2 aromatic heterocycles. The van der Waals surface area contributed by atoms with Gasteiger partial charge in [0.1, 0.15) is 5.82 Å². The van der Waals surface area contributed by atoms with Gasteiger partial charge in [-0.1, -0.05) is 0 Å². The van der Waals surface area contributed by atoms with E-state index in [9.17, 15) is 13.2 Å². The molecule has 0 unspecified atom stereocenters. The van der Waals surface area contributed by atoms with Crippen molar-refractivity contribution in [2.24, 2.45) is 0 Å². The van der Waals surface area contributed by atoms with E-state index in [4.69, 9.17) is 0 Å². The Hall–Kier alpha value is -1.15. The Morgan fingerprint density at radius 2 is 2.06 bits per heavy atom. The number of thiophene rings is 1. The van der Waals surface area contributed by atoms with Crippen LogP contribution in [0.25, 0.3) is 0 Å². The van der Waals surface area contributed by atoms with Crippen LogP contribution in [0.15, 0.2) is 28.1 Å². The quantitative estimate of drug-likeness (QED) is 0.921. The fourth-order valence-electron chi connectivity index (χ4n) is 1.20. The van der Waals surface area contributed by atoms with Gasteiger partial charge >= 0.3 is 6.18 Å². The van der Waals surface area contributed by atoms with E-state index in [1.807, 2.05) is 11.4 Å². The highest BCUT2D eigenvalue weighted by atomic mass is 79.9. The zero-order valence-electron chi connectivity index (χ0n) is 8.83. The summed E-state index contributed by atoms with van der Waals surface area (Å²) in [6.45, 7) is 0.496. The Morgan fingerprint density at radius 3 is 2.56 bits per heavy atom. The molecule has 0 aromatic carbocycles. The van der Waals surface area contributed by atoms with E-state index in [1.165, 1.54) is 17.4 Å². The van der Waals surface area contributed by atoms with Crippen molar-refractivity contribution in [2.45, 2.75) is 12.7 Å². The number of halogens is 4. The van der Waals surface area contributed by atoms with Crippen LogP contribution in [0.3, 0.4) is 0 Å². The molecular weight excluding hydrogens is 331 g/mol. The van der Waals surface area contributed by atoms with Crippen LogP contribution in [-0.4, -0.2) is 10.2 Å². The lowest BCUT2D eigenvalue weighted by atomic mass is 10.3. The van der Waals surface area contributed by atoms with Gasteiger partial charge in [0.05, 0.1) is 6.54 Å². The van der Waals surface area contributed by atoms with E-state index in [0.717, 1.165) is 15.4 Å². The standard InChI is InChI=1S/C10H7BrF3N3S/c11-6-3-7(18-5-6)4-15-9-2-1-8(16-17-9)10(12,13)14/h1-3,5H,4H2,(H,15,17). The first kappa shape index (κ1) is 13.3. The third-order valence-electron chi connectivity index (χ3n) is 2.02. The molecule has 18 heavy (non-hydrogen) atoms. The maximum atomic E-state index is 12.2. The highest BCUT2D eigenvalue weighted by molar-refractivity contribution is 9.10.